The van der Waals surface area contributed by atoms with E-state index in [4.69, 9.17) is 27.9 Å². The Kier molecular flexibility index (Phi) is 6.40. The Hall–Kier alpha value is -2.77. The molecule has 2 amide bonds. The van der Waals surface area contributed by atoms with Crippen LogP contribution in [0.2, 0.25) is 10.0 Å². The summed E-state index contributed by atoms with van der Waals surface area (Å²) in [4.78, 5) is 15.2. The maximum atomic E-state index is 13.3. The normalized spacial score (nSPS) is 20.2. The van der Waals surface area contributed by atoms with Gasteiger partial charge in [0.15, 0.2) is 5.82 Å². The fourth-order valence-corrected chi connectivity index (χ4v) is 5.10. The van der Waals surface area contributed by atoms with Crippen molar-refractivity contribution < 1.29 is 9.53 Å². The number of benzene rings is 2. The van der Waals surface area contributed by atoms with Crippen LogP contribution in [0.5, 0.6) is 5.75 Å². The molecule has 9 heteroatoms. The van der Waals surface area contributed by atoms with Crippen molar-refractivity contribution in [3.8, 4) is 5.75 Å². The van der Waals surface area contributed by atoms with Gasteiger partial charge in [0.05, 0.1) is 18.6 Å². The van der Waals surface area contributed by atoms with Gasteiger partial charge in [-0.25, -0.2) is 4.79 Å². The molecule has 2 aliphatic rings. The Balaban J connectivity index is 1.28. The lowest BCUT2D eigenvalue weighted by molar-refractivity contribution is 0.159. The Morgan fingerprint density at radius 1 is 1.18 bits per heavy atom. The first-order chi connectivity index (χ1) is 16.4. The summed E-state index contributed by atoms with van der Waals surface area (Å²) in [6, 6.07) is 13.0. The molecule has 0 spiro atoms. The van der Waals surface area contributed by atoms with Gasteiger partial charge in [0.2, 0.25) is 0 Å². The zero-order valence-electron chi connectivity index (χ0n) is 19.2. The molecular weight excluding hydrogens is 473 g/mol. The summed E-state index contributed by atoms with van der Waals surface area (Å²) in [7, 11) is 0. The Bertz CT molecular complexity index is 1200. The average molecular weight is 500 g/mol. The van der Waals surface area contributed by atoms with Crippen LogP contribution in [0, 0.1) is 6.92 Å². The highest BCUT2D eigenvalue weighted by molar-refractivity contribution is 6.30. The van der Waals surface area contributed by atoms with Gasteiger partial charge in [-0.1, -0.05) is 35.3 Å². The van der Waals surface area contributed by atoms with E-state index in [0.717, 1.165) is 47.8 Å². The monoisotopic (exact) mass is 499 g/mol. The minimum atomic E-state index is -0.159. The second-order valence-corrected chi connectivity index (χ2v) is 9.89. The second-order valence-electron chi connectivity index (χ2n) is 9.02. The van der Waals surface area contributed by atoms with Crippen LogP contribution in [0.25, 0.3) is 0 Å². The maximum Gasteiger partial charge on any atom is 0.318 e. The average Bonchev–Trinajstić information content (AvgIpc) is 3.54. The van der Waals surface area contributed by atoms with Gasteiger partial charge in [0.25, 0.3) is 0 Å². The summed E-state index contributed by atoms with van der Waals surface area (Å²) in [6.45, 7) is 5.23. The molecule has 0 saturated carbocycles. The fraction of sp³-hybridized carbons (Fsp3) is 0.400. The van der Waals surface area contributed by atoms with Gasteiger partial charge >= 0.3 is 6.03 Å². The standard InChI is InChI=1S/C25H27Cl2N5O2/c1-15(23-13-18-12-20(27)9-10-22(18)34-23)28-25(33)31-11-3-4-21(31)24-30-29-16(2)32(24)14-17-5-7-19(26)8-6-17/h5-10,12,15,21,23H,3-4,11,13-14H2,1-2H3,(H,28,33)/t15-,21+,23?/m0/s1. The molecule has 1 N–H and O–H groups in total. The van der Waals surface area contributed by atoms with Crippen LogP contribution < -0.4 is 10.1 Å². The molecule has 2 aromatic carbocycles. The summed E-state index contributed by atoms with van der Waals surface area (Å²) in [5, 5.41) is 13.3. The number of nitrogens with one attached hydrogen (secondary N) is 1. The van der Waals surface area contributed by atoms with E-state index in [2.05, 4.69) is 20.1 Å². The first kappa shape index (κ1) is 23.0. The maximum absolute atomic E-state index is 13.3. The van der Waals surface area contributed by atoms with E-state index in [0.29, 0.717) is 23.1 Å². The molecule has 3 aromatic rings. The zero-order valence-corrected chi connectivity index (χ0v) is 20.7. The minimum absolute atomic E-state index is 0.105. The lowest BCUT2D eigenvalue weighted by atomic mass is 10.1. The van der Waals surface area contributed by atoms with E-state index in [-0.39, 0.29) is 24.2 Å². The third kappa shape index (κ3) is 4.59. The fourth-order valence-electron chi connectivity index (χ4n) is 4.78. The van der Waals surface area contributed by atoms with Crippen molar-refractivity contribution in [1.82, 2.24) is 25.0 Å². The van der Waals surface area contributed by atoms with E-state index in [1.165, 1.54) is 0 Å². The van der Waals surface area contributed by atoms with E-state index >= 15 is 0 Å². The third-order valence-electron chi connectivity index (χ3n) is 6.66. The predicted octanol–water partition coefficient (Wildman–Crippen LogP) is 5.18. The van der Waals surface area contributed by atoms with Crippen molar-refractivity contribution in [2.24, 2.45) is 0 Å². The lowest BCUT2D eigenvalue weighted by Crippen LogP contribution is -2.49. The van der Waals surface area contributed by atoms with Crippen molar-refractivity contribution in [3.63, 3.8) is 0 Å². The molecule has 3 atom stereocenters. The molecule has 5 rings (SSSR count). The topological polar surface area (TPSA) is 72.3 Å². The van der Waals surface area contributed by atoms with Gasteiger partial charge in [0, 0.05) is 23.0 Å². The number of nitrogens with zero attached hydrogens (tertiary/aromatic N) is 4. The molecule has 7 nitrogen and oxygen atoms in total. The number of aryl methyl sites for hydroxylation is 1. The van der Waals surface area contributed by atoms with Crippen molar-refractivity contribution in [1.29, 1.82) is 0 Å². The number of fused-ring (bicyclic) bond motifs is 1. The quantitative estimate of drug-likeness (QED) is 0.524. The Morgan fingerprint density at radius 3 is 2.74 bits per heavy atom. The van der Waals surface area contributed by atoms with Gasteiger partial charge in [-0.15, -0.1) is 10.2 Å². The van der Waals surface area contributed by atoms with Crippen LogP contribution in [-0.2, 0) is 13.0 Å². The number of rotatable bonds is 5. The number of hydrogen-bond donors (Lipinski definition) is 1. The molecule has 2 aliphatic heterocycles. The number of ether oxygens (including phenoxy) is 1. The van der Waals surface area contributed by atoms with Gasteiger partial charge in [-0.3, -0.25) is 0 Å². The first-order valence-electron chi connectivity index (χ1n) is 11.6. The largest absolute Gasteiger partial charge is 0.488 e. The molecule has 1 fully saturated rings. The van der Waals surface area contributed by atoms with Crippen LogP contribution >= 0.6 is 23.2 Å². The number of aromatic nitrogens is 3. The number of urea groups is 1. The van der Waals surface area contributed by atoms with Crippen molar-refractivity contribution in [3.05, 3.63) is 75.3 Å². The lowest BCUT2D eigenvalue weighted by Gasteiger charge is -2.28. The van der Waals surface area contributed by atoms with Gasteiger partial charge in [0.1, 0.15) is 17.7 Å². The van der Waals surface area contributed by atoms with E-state index in [1.54, 1.807) is 0 Å². The summed E-state index contributed by atoms with van der Waals surface area (Å²) >= 11 is 12.2. The highest BCUT2D eigenvalue weighted by atomic mass is 35.5. The summed E-state index contributed by atoms with van der Waals surface area (Å²) in [5.74, 6) is 2.47. The molecule has 34 heavy (non-hydrogen) atoms. The summed E-state index contributed by atoms with van der Waals surface area (Å²) in [6.07, 6.45) is 2.36. The Labute approximate surface area is 209 Å². The number of halogens is 2. The Morgan fingerprint density at radius 2 is 1.94 bits per heavy atom. The third-order valence-corrected chi connectivity index (χ3v) is 7.15. The number of likely N-dealkylation sites (tertiary alicyclic amines) is 1. The first-order valence-corrected chi connectivity index (χ1v) is 12.3. The SMILES string of the molecule is Cc1nnc([C@H]2CCCN2C(=O)N[C@@H](C)C2Cc3cc(Cl)ccc3O2)n1Cc1ccc(Cl)cc1. The highest BCUT2D eigenvalue weighted by Crippen LogP contribution is 2.34. The summed E-state index contributed by atoms with van der Waals surface area (Å²) in [5.41, 5.74) is 2.18. The van der Waals surface area contributed by atoms with E-state index < -0.39 is 0 Å². The predicted molar refractivity (Wildman–Crippen MR) is 132 cm³/mol. The van der Waals surface area contributed by atoms with Crippen LogP contribution in [0.4, 0.5) is 4.79 Å². The minimum Gasteiger partial charge on any atom is -0.488 e. The molecule has 0 radical (unpaired) electrons. The molecule has 0 aliphatic carbocycles. The molecule has 3 heterocycles. The van der Waals surface area contributed by atoms with Crippen molar-refractivity contribution in [2.45, 2.75) is 57.8 Å². The van der Waals surface area contributed by atoms with Crippen molar-refractivity contribution in [2.75, 3.05) is 6.54 Å². The van der Waals surface area contributed by atoms with Crippen LogP contribution in [0.3, 0.4) is 0 Å². The smallest absolute Gasteiger partial charge is 0.318 e. The van der Waals surface area contributed by atoms with Gasteiger partial charge in [-0.2, -0.15) is 0 Å². The zero-order chi connectivity index (χ0) is 23.8. The molecule has 1 unspecified atom stereocenters. The van der Waals surface area contributed by atoms with Crippen molar-refractivity contribution >= 4 is 29.2 Å². The van der Waals surface area contributed by atoms with Crippen LogP contribution in [0.15, 0.2) is 42.5 Å². The van der Waals surface area contributed by atoms with Gasteiger partial charge < -0.3 is 19.5 Å². The summed E-state index contributed by atoms with van der Waals surface area (Å²) < 4.78 is 8.15. The molecular formula is C25H27Cl2N5O2. The molecule has 0 bridgehead atoms. The number of carbonyl (C=O) groups excluding carboxylic acids is 1. The van der Waals surface area contributed by atoms with E-state index in [9.17, 15) is 4.79 Å². The highest BCUT2D eigenvalue weighted by Gasteiger charge is 2.36. The number of amides is 2. The molecule has 178 valence electrons. The number of hydrogen-bond acceptors (Lipinski definition) is 4. The second kappa shape index (κ2) is 9.47. The molecule has 1 aromatic heterocycles. The molecule has 1 saturated heterocycles. The number of carbonyl (C=O) groups is 1. The van der Waals surface area contributed by atoms with E-state index in [1.807, 2.05) is 61.2 Å². The van der Waals surface area contributed by atoms with Crippen LogP contribution in [0.1, 0.15) is 48.6 Å². The van der Waals surface area contributed by atoms with Gasteiger partial charge in [-0.05, 0) is 68.1 Å². The van der Waals surface area contributed by atoms with Crippen LogP contribution in [-0.4, -0.2) is 44.4 Å².